The highest BCUT2D eigenvalue weighted by molar-refractivity contribution is 5.76. The molecule has 0 fully saturated rings. The van der Waals surface area contributed by atoms with Crippen molar-refractivity contribution in [3.05, 3.63) is 75.3 Å². The summed E-state index contributed by atoms with van der Waals surface area (Å²) < 4.78 is 0. The lowest BCUT2D eigenvalue weighted by molar-refractivity contribution is -0.385. The third-order valence-electron chi connectivity index (χ3n) is 4.24. The zero-order valence-electron chi connectivity index (χ0n) is 12.8. The fourth-order valence-electron chi connectivity index (χ4n) is 2.92. The van der Waals surface area contributed by atoms with Crippen LogP contribution in [-0.2, 0) is 24.2 Å². The number of benzene rings is 2. The number of hydrogen-bond acceptors (Lipinski definition) is 3. The van der Waals surface area contributed by atoms with Crippen molar-refractivity contribution in [2.45, 2.75) is 25.8 Å². The molecule has 0 aliphatic carbocycles. The molecule has 0 bridgehead atoms. The van der Waals surface area contributed by atoms with Gasteiger partial charge in [-0.05, 0) is 29.5 Å². The van der Waals surface area contributed by atoms with E-state index in [9.17, 15) is 14.9 Å². The van der Waals surface area contributed by atoms with Crippen molar-refractivity contribution in [2.75, 3.05) is 6.54 Å². The monoisotopic (exact) mass is 310 g/mol. The lowest BCUT2D eigenvalue weighted by atomic mass is 9.98. The number of aryl methyl sites for hydroxylation is 1. The molecule has 0 saturated carbocycles. The van der Waals surface area contributed by atoms with Gasteiger partial charge in [-0.2, -0.15) is 0 Å². The minimum Gasteiger partial charge on any atom is -0.338 e. The SMILES string of the molecule is O=C(CCc1ccccc1)N1CCc2ccc([N+](=O)[O-])cc2C1. The summed E-state index contributed by atoms with van der Waals surface area (Å²) in [7, 11) is 0. The van der Waals surface area contributed by atoms with Crippen molar-refractivity contribution < 1.29 is 9.72 Å². The molecule has 2 aromatic carbocycles. The molecule has 0 unspecified atom stereocenters. The smallest absolute Gasteiger partial charge is 0.269 e. The lowest BCUT2D eigenvalue weighted by Crippen LogP contribution is -2.36. The van der Waals surface area contributed by atoms with E-state index in [2.05, 4.69) is 0 Å². The first kappa shape index (κ1) is 15.2. The van der Waals surface area contributed by atoms with Crippen LogP contribution in [0.3, 0.4) is 0 Å². The second-order valence-electron chi connectivity index (χ2n) is 5.76. The first-order chi connectivity index (χ1) is 11.1. The number of carbonyl (C=O) groups is 1. The molecule has 1 aliphatic rings. The number of amides is 1. The van der Waals surface area contributed by atoms with Crippen LogP contribution in [0.25, 0.3) is 0 Å². The average Bonchev–Trinajstić information content (AvgIpc) is 2.59. The summed E-state index contributed by atoms with van der Waals surface area (Å²) in [5.41, 5.74) is 3.22. The predicted octanol–water partition coefficient (Wildman–Crippen LogP) is 3.11. The number of nitro benzene ring substituents is 1. The summed E-state index contributed by atoms with van der Waals surface area (Å²) in [5, 5.41) is 10.9. The van der Waals surface area contributed by atoms with Crippen LogP contribution in [0, 0.1) is 10.1 Å². The maximum Gasteiger partial charge on any atom is 0.269 e. The van der Waals surface area contributed by atoms with Gasteiger partial charge in [0.15, 0.2) is 0 Å². The maximum atomic E-state index is 12.4. The molecule has 1 heterocycles. The summed E-state index contributed by atoms with van der Waals surface area (Å²) in [4.78, 5) is 24.7. The Hall–Kier alpha value is -2.69. The Morgan fingerprint density at radius 1 is 1.13 bits per heavy atom. The van der Waals surface area contributed by atoms with Crippen LogP contribution in [0.4, 0.5) is 5.69 Å². The topological polar surface area (TPSA) is 63.5 Å². The van der Waals surface area contributed by atoms with Crippen LogP contribution >= 0.6 is 0 Å². The Morgan fingerprint density at radius 2 is 1.91 bits per heavy atom. The van der Waals surface area contributed by atoms with Gasteiger partial charge in [0.25, 0.3) is 5.69 Å². The van der Waals surface area contributed by atoms with Gasteiger partial charge in [0, 0.05) is 31.6 Å². The standard InChI is InChI=1S/C18H18N2O3/c21-18(9-6-14-4-2-1-3-5-14)19-11-10-15-7-8-17(20(22)23)12-16(15)13-19/h1-5,7-8,12H,6,9-11,13H2. The fraction of sp³-hybridized carbons (Fsp3) is 0.278. The quantitative estimate of drug-likeness (QED) is 0.644. The fourth-order valence-corrected chi connectivity index (χ4v) is 2.92. The summed E-state index contributed by atoms with van der Waals surface area (Å²) in [6.45, 7) is 1.14. The van der Waals surface area contributed by atoms with Gasteiger partial charge in [-0.3, -0.25) is 14.9 Å². The van der Waals surface area contributed by atoms with E-state index in [1.807, 2.05) is 30.3 Å². The summed E-state index contributed by atoms with van der Waals surface area (Å²) >= 11 is 0. The summed E-state index contributed by atoms with van der Waals surface area (Å²) in [6, 6.07) is 14.9. The summed E-state index contributed by atoms with van der Waals surface area (Å²) in [6.07, 6.45) is 1.94. The Morgan fingerprint density at radius 3 is 2.65 bits per heavy atom. The van der Waals surface area contributed by atoms with Crippen LogP contribution in [0.2, 0.25) is 0 Å². The molecule has 2 aromatic rings. The molecular formula is C18H18N2O3. The van der Waals surface area contributed by atoms with Gasteiger partial charge >= 0.3 is 0 Å². The minimum atomic E-state index is -0.392. The highest BCUT2D eigenvalue weighted by Crippen LogP contribution is 2.24. The number of non-ortho nitro benzene ring substituents is 1. The summed E-state index contributed by atoms with van der Waals surface area (Å²) in [5.74, 6) is 0.103. The largest absolute Gasteiger partial charge is 0.338 e. The Bertz CT molecular complexity index is 728. The highest BCUT2D eigenvalue weighted by atomic mass is 16.6. The molecule has 0 atom stereocenters. The normalized spacial score (nSPS) is 13.5. The van der Waals surface area contributed by atoms with Crippen molar-refractivity contribution in [2.24, 2.45) is 0 Å². The molecule has 3 rings (SSSR count). The van der Waals surface area contributed by atoms with E-state index in [4.69, 9.17) is 0 Å². The third-order valence-corrected chi connectivity index (χ3v) is 4.24. The molecule has 5 heteroatoms. The van der Waals surface area contributed by atoms with Crippen molar-refractivity contribution >= 4 is 11.6 Å². The molecule has 0 saturated heterocycles. The first-order valence-electron chi connectivity index (χ1n) is 7.71. The molecule has 23 heavy (non-hydrogen) atoms. The Kier molecular flexibility index (Phi) is 4.37. The van der Waals surface area contributed by atoms with Gasteiger partial charge in [-0.15, -0.1) is 0 Å². The molecule has 1 aliphatic heterocycles. The number of carbonyl (C=O) groups excluding carboxylic acids is 1. The van der Waals surface area contributed by atoms with Gasteiger partial charge in [-0.25, -0.2) is 0 Å². The second kappa shape index (κ2) is 6.60. The lowest BCUT2D eigenvalue weighted by Gasteiger charge is -2.28. The molecule has 1 amide bonds. The number of hydrogen-bond donors (Lipinski definition) is 0. The van der Waals surface area contributed by atoms with E-state index in [1.165, 1.54) is 6.07 Å². The number of fused-ring (bicyclic) bond motifs is 1. The third kappa shape index (κ3) is 3.56. The second-order valence-corrected chi connectivity index (χ2v) is 5.76. The minimum absolute atomic E-state index is 0.0855. The van der Waals surface area contributed by atoms with Crippen molar-refractivity contribution in [1.82, 2.24) is 4.90 Å². The van der Waals surface area contributed by atoms with Crippen LogP contribution in [0.15, 0.2) is 48.5 Å². The highest BCUT2D eigenvalue weighted by Gasteiger charge is 2.22. The average molecular weight is 310 g/mol. The van der Waals surface area contributed by atoms with Crippen molar-refractivity contribution in [1.29, 1.82) is 0 Å². The number of rotatable bonds is 4. The van der Waals surface area contributed by atoms with Gasteiger partial charge in [0.05, 0.1) is 4.92 Å². The number of nitro groups is 1. The van der Waals surface area contributed by atoms with E-state index in [0.29, 0.717) is 19.5 Å². The first-order valence-corrected chi connectivity index (χ1v) is 7.71. The van der Waals surface area contributed by atoms with E-state index in [0.717, 1.165) is 29.5 Å². The molecule has 0 spiro atoms. The van der Waals surface area contributed by atoms with Gasteiger partial charge in [-0.1, -0.05) is 36.4 Å². The van der Waals surface area contributed by atoms with Crippen LogP contribution in [0.5, 0.6) is 0 Å². The van der Waals surface area contributed by atoms with E-state index >= 15 is 0 Å². The van der Waals surface area contributed by atoms with Gasteiger partial charge in [0.1, 0.15) is 0 Å². The van der Waals surface area contributed by atoms with Crippen LogP contribution < -0.4 is 0 Å². The molecule has 0 radical (unpaired) electrons. The Labute approximate surface area is 134 Å². The molecule has 118 valence electrons. The van der Waals surface area contributed by atoms with Gasteiger partial charge in [0.2, 0.25) is 5.91 Å². The van der Waals surface area contributed by atoms with Crippen molar-refractivity contribution in [3.8, 4) is 0 Å². The molecule has 5 nitrogen and oxygen atoms in total. The zero-order valence-corrected chi connectivity index (χ0v) is 12.8. The Balaban J connectivity index is 1.65. The van der Waals surface area contributed by atoms with E-state index in [-0.39, 0.29) is 11.6 Å². The van der Waals surface area contributed by atoms with Crippen LogP contribution in [-0.4, -0.2) is 22.3 Å². The van der Waals surface area contributed by atoms with Gasteiger partial charge < -0.3 is 4.90 Å². The maximum absolute atomic E-state index is 12.4. The predicted molar refractivity (Wildman–Crippen MR) is 87.0 cm³/mol. The molecular weight excluding hydrogens is 292 g/mol. The number of nitrogens with zero attached hydrogens (tertiary/aromatic N) is 2. The van der Waals surface area contributed by atoms with Crippen LogP contribution in [0.1, 0.15) is 23.1 Å². The molecule has 0 N–H and O–H groups in total. The molecule has 0 aromatic heterocycles. The van der Waals surface area contributed by atoms with E-state index in [1.54, 1.807) is 17.0 Å². The van der Waals surface area contributed by atoms with Crippen molar-refractivity contribution in [3.63, 3.8) is 0 Å². The zero-order chi connectivity index (χ0) is 16.2. The van der Waals surface area contributed by atoms with E-state index < -0.39 is 4.92 Å².